The maximum Gasteiger partial charge on any atom is 0.246 e. The molecule has 106 valence electrons. The van der Waals surface area contributed by atoms with Gasteiger partial charge in [0.2, 0.25) is 15.5 Å². The van der Waals surface area contributed by atoms with E-state index in [1.54, 1.807) is 6.92 Å². The van der Waals surface area contributed by atoms with E-state index in [-0.39, 0.29) is 10.9 Å². The highest BCUT2D eigenvalue weighted by Crippen LogP contribution is 2.06. The molecule has 1 aromatic carbocycles. The molecule has 0 saturated heterocycles. The Morgan fingerprint density at radius 3 is 2.55 bits per heavy atom. The summed E-state index contributed by atoms with van der Waals surface area (Å²) in [5.74, 6) is 0. The Kier molecular flexibility index (Phi) is 4.36. The molecule has 0 bridgehead atoms. The molecule has 0 aliphatic carbocycles. The van der Waals surface area contributed by atoms with Crippen molar-refractivity contribution in [2.24, 2.45) is 0 Å². The van der Waals surface area contributed by atoms with Gasteiger partial charge in [-0.1, -0.05) is 30.3 Å². The van der Waals surface area contributed by atoms with E-state index in [9.17, 15) is 13.2 Å². The zero-order valence-corrected chi connectivity index (χ0v) is 11.9. The van der Waals surface area contributed by atoms with E-state index in [4.69, 9.17) is 0 Å². The van der Waals surface area contributed by atoms with Crippen LogP contribution in [-0.4, -0.2) is 19.4 Å². The van der Waals surface area contributed by atoms with Crippen LogP contribution in [0.2, 0.25) is 0 Å². The first-order valence-electron chi connectivity index (χ1n) is 6.22. The van der Waals surface area contributed by atoms with Crippen LogP contribution < -0.4 is 10.2 Å². The van der Waals surface area contributed by atoms with E-state index >= 15 is 0 Å². The Balaban J connectivity index is 2.13. The number of nitrogens with one attached hydrogen (secondary N) is 2. The van der Waals surface area contributed by atoms with Gasteiger partial charge in [-0.2, -0.15) is 0 Å². The molecule has 0 spiro atoms. The highest BCUT2D eigenvalue weighted by atomic mass is 32.2. The molecule has 1 aromatic heterocycles. The Morgan fingerprint density at radius 1 is 1.20 bits per heavy atom. The van der Waals surface area contributed by atoms with Crippen LogP contribution >= 0.6 is 0 Å². The van der Waals surface area contributed by atoms with E-state index in [1.807, 2.05) is 30.3 Å². The average molecular weight is 292 g/mol. The molecule has 1 atom stereocenters. The van der Waals surface area contributed by atoms with E-state index in [2.05, 4.69) is 9.71 Å². The smallest absolute Gasteiger partial charge is 0.246 e. The molecule has 0 aliphatic heterocycles. The van der Waals surface area contributed by atoms with Crippen molar-refractivity contribution in [3.05, 3.63) is 64.6 Å². The monoisotopic (exact) mass is 292 g/mol. The zero-order valence-electron chi connectivity index (χ0n) is 11.0. The van der Waals surface area contributed by atoms with Gasteiger partial charge in [-0.3, -0.25) is 4.79 Å². The molecule has 1 unspecified atom stereocenters. The molecule has 2 rings (SSSR count). The molecule has 1 heterocycles. The van der Waals surface area contributed by atoms with E-state index in [0.29, 0.717) is 6.42 Å². The van der Waals surface area contributed by atoms with Crippen molar-refractivity contribution in [3.8, 4) is 0 Å². The number of benzene rings is 1. The van der Waals surface area contributed by atoms with Crippen LogP contribution in [0.4, 0.5) is 0 Å². The van der Waals surface area contributed by atoms with Crippen LogP contribution in [0.25, 0.3) is 0 Å². The topological polar surface area (TPSA) is 79.0 Å². The first kappa shape index (κ1) is 14.5. The lowest BCUT2D eigenvalue weighted by atomic mass is 10.1. The van der Waals surface area contributed by atoms with Crippen LogP contribution in [0.1, 0.15) is 12.5 Å². The SMILES string of the molecule is CC(Cc1ccccc1)NS(=O)(=O)c1c[nH]ccc1=O. The third-order valence-corrected chi connectivity index (χ3v) is 4.43. The van der Waals surface area contributed by atoms with Gasteiger partial charge in [0.1, 0.15) is 4.90 Å². The fraction of sp³-hybridized carbons (Fsp3) is 0.214. The van der Waals surface area contributed by atoms with Crippen molar-refractivity contribution in [1.82, 2.24) is 9.71 Å². The first-order valence-corrected chi connectivity index (χ1v) is 7.71. The molecule has 5 nitrogen and oxygen atoms in total. The Morgan fingerprint density at radius 2 is 1.90 bits per heavy atom. The molecule has 6 heteroatoms. The molecular formula is C14H16N2O3S. The molecule has 0 amide bonds. The predicted molar refractivity (Wildman–Crippen MR) is 77.0 cm³/mol. The lowest BCUT2D eigenvalue weighted by Gasteiger charge is -2.13. The fourth-order valence-electron chi connectivity index (χ4n) is 1.95. The zero-order chi connectivity index (χ0) is 14.6. The number of hydrogen-bond acceptors (Lipinski definition) is 3. The molecule has 0 radical (unpaired) electrons. The number of aromatic nitrogens is 1. The van der Waals surface area contributed by atoms with Gasteiger partial charge in [-0.25, -0.2) is 13.1 Å². The van der Waals surface area contributed by atoms with Crippen LogP contribution in [0, 0.1) is 0 Å². The quantitative estimate of drug-likeness (QED) is 0.871. The minimum atomic E-state index is -3.80. The molecule has 0 aliphatic rings. The van der Waals surface area contributed by atoms with Crippen LogP contribution in [0.5, 0.6) is 0 Å². The van der Waals surface area contributed by atoms with E-state index in [1.165, 1.54) is 18.5 Å². The van der Waals surface area contributed by atoms with Gasteiger partial charge >= 0.3 is 0 Å². The lowest BCUT2D eigenvalue weighted by Crippen LogP contribution is -2.36. The molecular weight excluding hydrogens is 276 g/mol. The number of rotatable bonds is 5. The standard InChI is InChI=1S/C14H16N2O3S/c1-11(9-12-5-3-2-4-6-12)16-20(18,19)14-10-15-8-7-13(14)17/h2-8,10-11,16H,9H2,1H3,(H,15,17). The summed E-state index contributed by atoms with van der Waals surface area (Å²) in [5, 5.41) is 0. The van der Waals surface area contributed by atoms with E-state index in [0.717, 1.165) is 5.56 Å². The summed E-state index contributed by atoms with van der Waals surface area (Å²) in [5.41, 5.74) is 0.507. The van der Waals surface area contributed by atoms with Gasteiger partial charge in [-0.05, 0) is 18.9 Å². The van der Waals surface area contributed by atoms with Crippen molar-refractivity contribution < 1.29 is 8.42 Å². The summed E-state index contributed by atoms with van der Waals surface area (Å²) in [6, 6.07) is 10.5. The Hall–Kier alpha value is -1.92. The summed E-state index contributed by atoms with van der Waals surface area (Å²) in [6.45, 7) is 1.77. The minimum Gasteiger partial charge on any atom is -0.366 e. The molecule has 0 saturated carbocycles. The van der Waals surface area contributed by atoms with Crippen molar-refractivity contribution >= 4 is 10.0 Å². The molecule has 20 heavy (non-hydrogen) atoms. The molecule has 2 aromatic rings. The molecule has 0 fully saturated rings. The number of sulfonamides is 1. The third kappa shape index (κ3) is 3.55. The molecule has 2 N–H and O–H groups in total. The fourth-order valence-corrected chi connectivity index (χ4v) is 3.24. The first-order chi connectivity index (χ1) is 9.49. The van der Waals surface area contributed by atoms with Gasteiger partial charge in [0.25, 0.3) is 0 Å². The largest absolute Gasteiger partial charge is 0.366 e. The minimum absolute atomic E-state index is 0.264. The normalized spacial score (nSPS) is 13.1. The summed E-state index contributed by atoms with van der Waals surface area (Å²) < 4.78 is 26.8. The second-order valence-electron chi connectivity index (χ2n) is 4.58. The van der Waals surface area contributed by atoms with Crippen molar-refractivity contribution in [2.45, 2.75) is 24.3 Å². The number of aromatic amines is 1. The van der Waals surface area contributed by atoms with Gasteiger partial charge in [-0.15, -0.1) is 0 Å². The van der Waals surface area contributed by atoms with Crippen LogP contribution in [0.3, 0.4) is 0 Å². The lowest BCUT2D eigenvalue weighted by molar-refractivity contribution is 0.558. The number of hydrogen-bond donors (Lipinski definition) is 2. The van der Waals surface area contributed by atoms with Gasteiger partial charge in [0.15, 0.2) is 0 Å². The van der Waals surface area contributed by atoms with Gasteiger partial charge in [0, 0.05) is 24.5 Å². The van der Waals surface area contributed by atoms with E-state index < -0.39 is 15.5 Å². The highest BCUT2D eigenvalue weighted by Gasteiger charge is 2.20. The Bertz CT molecular complexity index is 723. The number of pyridine rings is 1. The summed E-state index contributed by atoms with van der Waals surface area (Å²) in [6.07, 6.45) is 3.15. The third-order valence-electron chi connectivity index (χ3n) is 2.82. The highest BCUT2D eigenvalue weighted by molar-refractivity contribution is 7.89. The average Bonchev–Trinajstić information content (AvgIpc) is 2.39. The van der Waals surface area contributed by atoms with Gasteiger partial charge in [0.05, 0.1) is 0 Å². The van der Waals surface area contributed by atoms with Crippen molar-refractivity contribution in [1.29, 1.82) is 0 Å². The van der Waals surface area contributed by atoms with Crippen LogP contribution in [-0.2, 0) is 16.4 Å². The second kappa shape index (κ2) is 6.02. The van der Waals surface area contributed by atoms with Crippen molar-refractivity contribution in [3.63, 3.8) is 0 Å². The number of H-pyrrole nitrogens is 1. The Labute approximate surface area is 117 Å². The predicted octanol–water partition coefficient (Wildman–Crippen LogP) is 1.28. The maximum absolute atomic E-state index is 12.1. The van der Waals surface area contributed by atoms with Gasteiger partial charge < -0.3 is 4.98 Å². The summed E-state index contributed by atoms with van der Waals surface area (Å²) in [7, 11) is -3.80. The second-order valence-corrected chi connectivity index (χ2v) is 6.27. The summed E-state index contributed by atoms with van der Waals surface area (Å²) >= 11 is 0. The van der Waals surface area contributed by atoms with Crippen LogP contribution in [0.15, 0.2) is 58.5 Å². The van der Waals surface area contributed by atoms with Crippen molar-refractivity contribution in [2.75, 3.05) is 0 Å². The maximum atomic E-state index is 12.1. The summed E-state index contributed by atoms with van der Waals surface area (Å²) in [4.78, 5) is 13.9.